The van der Waals surface area contributed by atoms with Crippen molar-refractivity contribution in [2.45, 2.75) is 13.8 Å². The van der Waals surface area contributed by atoms with Crippen LogP contribution in [0.25, 0.3) is 5.69 Å². The summed E-state index contributed by atoms with van der Waals surface area (Å²) in [7, 11) is 1.28. The molecule has 0 aliphatic heterocycles. The first kappa shape index (κ1) is 15.9. The Kier molecular flexibility index (Phi) is 4.41. The van der Waals surface area contributed by atoms with E-state index in [0.717, 1.165) is 27.2 Å². The van der Waals surface area contributed by atoms with Crippen LogP contribution in [0, 0.1) is 5.82 Å². The van der Waals surface area contributed by atoms with Gasteiger partial charge in [0.25, 0.3) is 5.56 Å². The average molecular weight is 326 g/mol. The van der Waals surface area contributed by atoms with E-state index in [0.29, 0.717) is 5.69 Å². The predicted octanol–water partition coefficient (Wildman–Crippen LogP) is 1.53. The summed E-state index contributed by atoms with van der Waals surface area (Å²) in [5.41, 5.74) is 2.22. The van der Waals surface area contributed by atoms with E-state index in [1.165, 1.54) is 13.1 Å². The number of anilines is 1. The fraction of sp³-hybridized carbons (Fsp3) is 0.231. The van der Waals surface area contributed by atoms with Crippen LogP contribution in [-0.2, 0) is 7.05 Å². The number of aromatic nitrogens is 3. The number of benzene rings is 1. The first-order chi connectivity index (χ1) is 10.3. The molecule has 1 aromatic heterocycles. The molecule has 1 N–H and O–H groups in total. The van der Waals surface area contributed by atoms with Gasteiger partial charge in [-0.05, 0) is 26.0 Å². The van der Waals surface area contributed by atoms with Crippen LogP contribution in [0.4, 0.5) is 10.1 Å². The van der Waals surface area contributed by atoms with Gasteiger partial charge in [-0.15, -0.1) is 0 Å². The van der Waals surface area contributed by atoms with Gasteiger partial charge in [-0.2, -0.15) is 14.9 Å². The fourth-order valence-corrected chi connectivity index (χ4v) is 1.79. The summed E-state index contributed by atoms with van der Waals surface area (Å²) < 4.78 is 15.7. The van der Waals surface area contributed by atoms with Crippen molar-refractivity contribution in [1.82, 2.24) is 14.3 Å². The highest BCUT2D eigenvalue weighted by atomic mass is 35.5. The molecule has 0 aliphatic rings. The second-order valence-corrected chi connectivity index (χ2v) is 5.10. The Bertz CT molecular complexity index is 868. The van der Waals surface area contributed by atoms with E-state index >= 15 is 0 Å². The van der Waals surface area contributed by atoms with E-state index in [9.17, 15) is 14.0 Å². The van der Waals surface area contributed by atoms with Crippen molar-refractivity contribution in [2.75, 3.05) is 5.43 Å². The molecule has 7 nitrogen and oxygen atoms in total. The van der Waals surface area contributed by atoms with Gasteiger partial charge < -0.3 is 0 Å². The molecule has 9 heteroatoms. The maximum atomic E-state index is 14.1. The minimum Gasteiger partial charge on any atom is -0.277 e. The molecule has 0 radical (unpaired) electrons. The molecule has 0 spiro atoms. The Morgan fingerprint density at radius 2 is 2.05 bits per heavy atom. The Balaban J connectivity index is 2.64. The monoisotopic (exact) mass is 325 g/mol. The number of hydrazone groups is 1. The highest BCUT2D eigenvalue weighted by Crippen LogP contribution is 2.26. The summed E-state index contributed by atoms with van der Waals surface area (Å²) in [4.78, 5) is 23.4. The Morgan fingerprint density at radius 1 is 1.36 bits per heavy atom. The van der Waals surface area contributed by atoms with Crippen molar-refractivity contribution in [3.8, 4) is 5.69 Å². The van der Waals surface area contributed by atoms with Gasteiger partial charge in [-0.3, -0.25) is 14.8 Å². The van der Waals surface area contributed by atoms with Crippen molar-refractivity contribution in [1.29, 1.82) is 0 Å². The zero-order chi connectivity index (χ0) is 16.4. The Hall–Kier alpha value is -2.48. The zero-order valence-electron chi connectivity index (χ0n) is 12.1. The molecule has 2 rings (SSSR count). The lowest BCUT2D eigenvalue weighted by Crippen LogP contribution is -2.38. The van der Waals surface area contributed by atoms with Crippen molar-refractivity contribution >= 4 is 23.0 Å². The molecule has 0 bridgehead atoms. The molecular weight excluding hydrogens is 313 g/mol. The molecule has 0 atom stereocenters. The smallest absolute Gasteiger partial charge is 0.277 e. The molecule has 1 heterocycles. The van der Waals surface area contributed by atoms with Gasteiger partial charge in [0.2, 0.25) is 0 Å². The van der Waals surface area contributed by atoms with Crippen LogP contribution in [0.5, 0.6) is 0 Å². The lowest BCUT2D eigenvalue weighted by molar-refractivity contribution is 0.585. The Labute approximate surface area is 129 Å². The summed E-state index contributed by atoms with van der Waals surface area (Å²) in [6, 6.07) is 2.34. The third kappa shape index (κ3) is 3.06. The summed E-state index contributed by atoms with van der Waals surface area (Å²) in [6.45, 7) is 3.54. The molecular formula is C13H13ClFN5O2. The standard InChI is InChI=1S/C13H13ClFN5O2/c1-7(2)17-18-10-5-11(9(15)4-8(10)14)20-13(22)19(3)12(21)6-16-20/h4-6,18H,1-3H3. The van der Waals surface area contributed by atoms with Gasteiger partial charge >= 0.3 is 5.69 Å². The highest BCUT2D eigenvalue weighted by Gasteiger charge is 2.14. The molecule has 22 heavy (non-hydrogen) atoms. The van der Waals surface area contributed by atoms with Crippen molar-refractivity contribution in [2.24, 2.45) is 12.1 Å². The quantitative estimate of drug-likeness (QED) is 0.685. The lowest BCUT2D eigenvalue weighted by atomic mass is 10.2. The number of hydrogen-bond acceptors (Lipinski definition) is 5. The first-order valence-electron chi connectivity index (χ1n) is 6.23. The van der Waals surface area contributed by atoms with Crippen LogP contribution in [0.3, 0.4) is 0 Å². The second-order valence-electron chi connectivity index (χ2n) is 4.69. The van der Waals surface area contributed by atoms with E-state index in [1.807, 2.05) is 0 Å². The fourth-order valence-electron chi connectivity index (χ4n) is 1.60. The summed E-state index contributed by atoms with van der Waals surface area (Å²) >= 11 is 5.93. The molecule has 0 aliphatic carbocycles. The second kappa shape index (κ2) is 6.10. The van der Waals surface area contributed by atoms with Crippen LogP contribution in [0.1, 0.15) is 13.8 Å². The maximum absolute atomic E-state index is 14.1. The van der Waals surface area contributed by atoms with Crippen molar-refractivity contribution in [3.63, 3.8) is 0 Å². The Morgan fingerprint density at radius 3 is 2.68 bits per heavy atom. The number of halogens is 2. The first-order valence-corrected chi connectivity index (χ1v) is 6.60. The highest BCUT2D eigenvalue weighted by molar-refractivity contribution is 6.33. The molecule has 1 aromatic carbocycles. The summed E-state index contributed by atoms with van der Waals surface area (Å²) in [5, 5.41) is 7.73. The minimum atomic E-state index is -0.769. The molecule has 0 amide bonds. The van der Waals surface area contributed by atoms with E-state index in [4.69, 9.17) is 11.6 Å². The number of nitrogens with zero attached hydrogens (tertiary/aromatic N) is 4. The van der Waals surface area contributed by atoms with Crippen LogP contribution < -0.4 is 16.7 Å². The number of rotatable bonds is 3. The van der Waals surface area contributed by atoms with Gasteiger partial charge in [0.05, 0.1) is 10.7 Å². The lowest BCUT2D eigenvalue weighted by Gasteiger charge is -2.10. The molecule has 116 valence electrons. The van der Waals surface area contributed by atoms with Crippen LogP contribution >= 0.6 is 11.6 Å². The molecule has 0 unspecified atom stereocenters. The van der Waals surface area contributed by atoms with Crippen LogP contribution in [0.2, 0.25) is 5.02 Å². The molecule has 0 fully saturated rings. The molecule has 0 saturated carbocycles. The molecule has 0 saturated heterocycles. The van der Waals surface area contributed by atoms with Gasteiger partial charge in [-0.1, -0.05) is 11.6 Å². The average Bonchev–Trinajstić information content (AvgIpc) is 2.45. The third-order valence-electron chi connectivity index (χ3n) is 2.75. The SMILES string of the molecule is CC(C)=NNc1cc(-n2ncc(=O)n(C)c2=O)c(F)cc1Cl. The van der Waals surface area contributed by atoms with Gasteiger partial charge in [0, 0.05) is 12.8 Å². The van der Waals surface area contributed by atoms with Gasteiger partial charge in [-0.25, -0.2) is 9.18 Å². The van der Waals surface area contributed by atoms with Gasteiger partial charge in [0.1, 0.15) is 11.9 Å². The summed E-state index contributed by atoms with van der Waals surface area (Å²) in [6.07, 6.45) is 0.927. The van der Waals surface area contributed by atoms with Crippen molar-refractivity contribution in [3.05, 3.63) is 50.0 Å². The summed E-state index contributed by atoms with van der Waals surface area (Å²) in [5.74, 6) is -0.749. The topological polar surface area (TPSA) is 81.3 Å². The number of hydrogen-bond donors (Lipinski definition) is 1. The van der Waals surface area contributed by atoms with Crippen LogP contribution in [-0.4, -0.2) is 20.1 Å². The normalized spacial score (nSPS) is 10.4. The predicted molar refractivity (Wildman–Crippen MR) is 82.4 cm³/mol. The van der Waals surface area contributed by atoms with E-state index in [-0.39, 0.29) is 10.7 Å². The zero-order valence-corrected chi connectivity index (χ0v) is 12.8. The third-order valence-corrected chi connectivity index (χ3v) is 3.06. The van der Waals surface area contributed by atoms with E-state index in [1.54, 1.807) is 13.8 Å². The number of nitrogens with one attached hydrogen (secondary N) is 1. The van der Waals surface area contributed by atoms with E-state index < -0.39 is 17.1 Å². The maximum Gasteiger partial charge on any atom is 0.352 e. The minimum absolute atomic E-state index is 0.101. The van der Waals surface area contributed by atoms with E-state index in [2.05, 4.69) is 15.6 Å². The van der Waals surface area contributed by atoms with Crippen molar-refractivity contribution < 1.29 is 4.39 Å². The van der Waals surface area contributed by atoms with Gasteiger partial charge in [0.15, 0.2) is 5.82 Å². The van der Waals surface area contributed by atoms with Crippen LogP contribution in [0.15, 0.2) is 33.0 Å². The molecule has 2 aromatic rings. The largest absolute Gasteiger partial charge is 0.352 e.